The first-order chi connectivity index (χ1) is 8.43. The van der Waals surface area contributed by atoms with Gasteiger partial charge in [0.1, 0.15) is 0 Å². The molecule has 1 aromatic rings. The molecule has 0 heterocycles. The number of aliphatic hydroxyl groups is 1. The number of benzene rings is 1. The number of carbonyl (C=O) groups excluding carboxylic acids is 1. The first-order valence-electron chi connectivity index (χ1n) is 5.65. The van der Waals surface area contributed by atoms with Gasteiger partial charge in [0, 0.05) is 5.56 Å². The van der Waals surface area contributed by atoms with E-state index in [-0.39, 0.29) is 18.1 Å². The standard InChI is InChI=1S/C13H18O5/c1-5-18-13(16)11(15)9-6-7(2)10(14)12(17-4)8(9)3/h6,11,14-15H,5H2,1-4H3. The Morgan fingerprint density at radius 1 is 1.44 bits per heavy atom. The van der Waals surface area contributed by atoms with Crippen LogP contribution < -0.4 is 4.74 Å². The summed E-state index contributed by atoms with van der Waals surface area (Å²) in [5.41, 5.74) is 1.41. The summed E-state index contributed by atoms with van der Waals surface area (Å²) >= 11 is 0. The smallest absolute Gasteiger partial charge is 0.339 e. The third-order valence-electron chi connectivity index (χ3n) is 2.74. The van der Waals surface area contributed by atoms with E-state index in [2.05, 4.69) is 0 Å². The van der Waals surface area contributed by atoms with Gasteiger partial charge in [0.25, 0.3) is 0 Å². The molecule has 100 valence electrons. The van der Waals surface area contributed by atoms with Crippen molar-refractivity contribution in [1.29, 1.82) is 0 Å². The third kappa shape index (κ3) is 2.56. The molecular weight excluding hydrogens is 236 g/mol. The lowest BCUT2D eigenvalue weighted by Crippen LogP contribution is -2.17. The van der Waals surface area contributed by atoms with Crippen LogP contribution in [0.2, 0.25) is 0 Å². The summed E-state index contributed by atoms with van der Waals surface area (Å²) in [4.78, 5) is 11.5. The summed E-state index contributed by atoms with van der Waals surface area (Å²) in [5.74, 6) is -0.448. The molecule has 0 aromatic heterocycles. The average molecular weight is 254 g/mol. The van der Waals surface area contributed by atoms with Gasteiger partial charge in [-0.05, 0) is 38.0 Å². The molecule has 2 N–H and O–H groups in total. The zero-order valence-corrected chi connectivity index (χ0v) is 11.0. The van der Waals surface area contributed by atoms with Crippen LogP contribution in [0.1, 0.15) is 29.7 Å². The number of phenolic OH excluding ortho intramolecular Hbond substituents is 1. The van der Waals surface area contributed by atoms with Crippen molar-refractivity contribution in [2.45, 2.75) is 26.9 Å². The van der Waals surface area contributed by atoms with Crippen LogP contribution in [0.25, 0.3) is 0 Å². The fourth-order valence-electron chi connectivity index (χ4n) is 1.78. The maximum Gasteiger partial charge on any atom is 0.339 e. The molecular formula is C13H18O5. The van der Waals surface area contributed by atoms with Crippen LogP contribution in [0.15, 0.2) is 6.07 Å². The molecule has 5 heteroatoms. The van der Waals surface area contributed by atoms with Crippen LogP contribution in [0.4, 0.5) is 0 Å². The molecule has 0 amide bonds. The maximum absolute atomic E-state index is 11.5. The number of phenols is 1. The van der Waals surface area contributed by atoms with Gasteiger partial charge in [0.15, 0.2) is 17.6 Å². The lowest BCUT2D eigenvalue weighted by atomic mass is 9.98. The van der Waals surface area contributed by atoms with E-state index >= 15 is 0 Å². The Bertz CT molecular complexity index is 453. The molecule has 0 fully saturated rings. The summed E-state index contributed by atoms with van der Waals surface area (Å²) < 4.78 is 9.84. The highest BCUT2D eigenvalue weighted by Crippen LogP contribution is 2.37. The summed E-state index contributed by atoms with van der Waals surface area (Å²) in [6.45, 7) is 5.19. The molecule has 1 atom stereocenters. The molecule has 0 aliphatic carbocycles. The van der Waals surface area contributed by atoms with Crippen molar-refractivity contribution >= 4 is 5.97 Å². The van der Waals surface area contributed by atoms with Gasteiger partial charge in [-0.1, -0.05) is 0 Å². The fourth-order valence-corrected chi connectivity index (χ4v) is 1.78. The van der Waals surface area contributed by atoms with Crippen molar-refractivity contribution in [3.05, 3.63) is 22.8 Å². The second-order valence-corrected chi connectivity index (χ2v) is 3.94. The Labute approximate surface area is 106 Å². The number of aryl methyl sites for hydroxylation is 1. The number of esters is 1. The molecule has 1 aromatic carbocycles. The molecule has 0 saturated heterocycles. The largest absolute Gasteiger partial charge is 0.504 e. The molecule has 0 radical (unpaired) electrons. The van der Waals surface area contributed by atoms with E-state index < -0.39 is 12.1 Å². The number of aliphatic hydroxyl groups excluding tert-OH is 1. The fraction of sp³-hybridized carbons (Fsp3) is 0.462. The first kappa shape index (κ1) is 14.3. The lowest BCUT2D eigenvalue weighted by molar-refractivity contribution is -0.153. The summed E-state index contributed by atoms with van der Waals surface area (Å²) in [5, 5.41) is 19.7. The SMILES string of the molecule is CCOC(=O)C(O)c1cc(C)c(O)c(OC)c1C. The minimum atomic E-state index is -1.38. The zero-order valence-electron chi connectivity index (χ0n) is 11.0. The van der Waals surface area contributed by atoms with E-state index in [9.17, 15) is 15.0 Å². The predicted molar refractivity (Wildman–Crippen MR) is 65.7 cm³/mol. The van der Waals surface area contributed by atoms with Crippen LogP contribution in [-0.2, 0) is 9.53 Å². The van der Waals surface area contributed by atoms with E-state index in [0.29, 0.717) is 16.7 Å². The zero-order chi connectivity index (χ0) is 13.9. The second-order valence-electron chi connectivity index (χ2n) is 3.94. The maximum atomic E-state index is 11.5. The first-order valence-corrected chi connectivity index (χ1v) is 5.65. The highest BCUT2D eigenvalue weighted by Gasteiger charge is 2.24. The number of ether oxygens (including phenoxy) is 2. The lowest BCUT2D eigenvalue weighted by Gasteiger charge is -2.17. The molecule has 18 heavy (non-hydrogen) atoms. The molecule has 5 nitrogen and oxygen atoms in total. The van der Waals surface area contributed by atoms with E-state index in [1.54, 1.807) is 26.8 Å². The highest BCUT2D eigenvalue weighted by atomic mass is 16.5. The van der Waals surface area contributed by atoms with Crippen molar-refractivity contribution < 1.29 is 24.5 Å². The van der Waals surface area contributed by atoms with Crippen molar-refractivity contribution in [3.8, 4) is 11.5 Å². The number of aromatic hydroxyl groups is 1. The number of hydrogen-bond acceptors (Lipinski definition) is 5. The van der Waals surface area contributed by atoms with E-state index in [0.717, 1.165) is 0 Å². The summed E-state index contributed by atoms with van der Waals surface area (Å²) in [6, 6.07) is 1.55. The van der Waals surface area contributed by atoms with Gasteiger partial charge >= 0.3 is 5.97 Å². The van der Waals surface area contributed by atoms with Crippen molar-refractivity contribution in [3.63, 3.8) is 0 Å². The van der Waals surface area contributed by atoms with E-state index in [1.165, 1.54) is 7.11 Å². The van der Waals surface area contributed by atoms with Gasteiger partial charge in [-0.25, -0.2) is 4.79 Å². The molecule has 1 rings (SSSR count). The normalized spacial score (nSPS) is 12.1. The molecule has 1 unspecified atom stereocenters. The van der Waals surface area contributed by atoms with Gasteiger partial charge in [0.05, 0.1) is 13.7 Å². The molecule has 0 bridgehead atoms. The van der Waals surface area contributed by atoms with Gasteiger partial charge in [-0.2, -0.15) is 0 Å². The topological polar surface area (TPSA) is 76.0 Å². The van der Waals surface area contributed by atoms with Gasteiger partial charge < -0.3 is 19.7 Å². The van der Waals surface area contributed by atoms with Crippen LogP contribution in [0, 0.1) is 13.8 Å². The molecule has 0 spiro atoms. The monoisotopic (exact) mass is 254 g/mol. The van der Waals surface area contributed by atoms with Gasteiger partial charge in [-0.3, -0.25) is 0 Å². The highest BCUT2D eigenvalue weighted by molar-refractivity contribution is 5.77. The molecule has 0 saturated carbocycles. The van der Waals surface area contributed by atoms with Crippen LogP contribution >= 0.6 is 0 Å². The Hall–Kier alpha value is -1.75. The Morgan fingerprint density at radius 3 is 2.56 bits per heavy atom. The number of methoxy groups -OCH3 is 1. The Balaban J connectivity index is 3.25. The van der Waals surface area contributed by atoms with Gasteiger partial charge in [0.2, 0.25) is 0 Å². The Kier molecular flexibility index (Phi) is 4.55. The van der Waals surface area contributed by atoms with Crippen molar-refractivity contribution in [2.24, 2.45) is 0 Å². The van der Waals surface area contributed by atoms with Crippen molar-refractivity contribution in [2.75, 3.05) is 13.7 Å². The minimum Gasteiger partial charge on any atom is -0.504 e. The number of carbonyl (C=O) groups is 1. The molecule has 0 aliphatic heterocycles. The quantitative estimate of drug-likeness (QED) is 0.798. The summed E-state index contributed by atoms with van der Waals surface area (Å²) in [6.07, 6.45) is -1.38. The van der Waals surface area contributed by atoms with E-state index in [1.807, 2.05) is 0 Å². The van der Waals surface area contributed by atoms with Crippen LogP contribution in [0.5, 0.6) is 11.5 Å². The van der Waals surface area contributed by atoms with Crippen molar-refractivity contribution in [1.82, 2.24) is 0 Å². The number of hydrogen-bond donors (Lipinski definition) is 2. The van der Waals surface area contributed by atoms with Gasteiger partial charge in [-0.15, -0.1) is 0 Å². The minimum absolute atomic E-state index is 0.00908. The predicted octanol–water partition coefficient (Wildman–Crippen LogP) is 1.61. The number of rotatable bonds is 4. The molecule has 0 aliphatic rings. The van der Waals surface area contributed by atoms with Crippen LogP contribution in [0.3, 0.4) is 0 Å². The van der Waals surface area contributed by atoms with E-state index in [4.69, 9.17) is 9.47 Å². The third-order valence-corrected chi connectivity index (χ3v) is 2.74. The Morgan fingerprint density at radius 2 is 2.06 bits per heavy atom. The second kappa shape index (κ2) is 5.73. The summed E-state index contributed by atoms with van der Waals surface area (Å²) in [7, 11) is 1.42. The average Bonchev–Trinajstić information content (AvgIpc) is 2.34. The van der Waals surface area contributed by atoms with Crippen LogP contribution in [-0.4, -0.2) is 29.9 Å².